The summed E-state index contributed by atoms with van der Waals surface area (Å²) in [6, 6.07) is 18.2. The first-order chi connectivity index (χ1) is 15.0. The first kappa shape index (κ1) is 20.4. The van der Waals surface area contributed by atoms with Crippen LogP contribution in [0.5, 0.6) is 11.5 Å². The number of hydrogen-bond acceptors (Lipinski definition) is 4. The smallest absolute Gasteiger partial charge is 0.268 e. The molecule has 0 radical (unpaired) electrons. The Hall–Kier alpha value is -3.87. The summed E-state index contributed by atoms with van der Waals surface area (Å²) in [5, 5.41) is 2.82. The third-order valence-corrected chi connectivity index (χ3v) is 5.06. The Morgan fingerprint density at radius 3 is 2.65 bits per heavy atom. The SMILES string of the molecule is COc1ccccc1C(=O)Nc1ccc2c(c1)N(Cc1ccccc1F)C(=O)C(C)O2. The normalized spacial score (nSPS) is 15.1. The second-order valence-electron chi connectivity index (χ2n) is 7.11. The van der Waals surface area contributed by atoms with Gasteiger partial charge in [0, 0.05) is 11.3 Å². The van der Waals surface area contributed by atoms with Crippen LogP contribution in [0.25, 0.3) is 0 Å². The van der Waals surface area contributed by atoms with Gasteiger partial charge in [-0.1, -0.05) is 30.3 Å². The van der Waals surface area contributed by atoms with Crippen molar-refractivity contribution in [2.24, 2.45) is 0 Å². The Balaban J connectivity index is 1.65. The molecule has 31 heavy (non-hydrogen) atoms. The maximum atomic E-state index is 14.2. The number of carbonyl (C=O) groups is 2. The fourth-order valence-corrected chi connectivity index (χ4v) is 3.48. The molecule has 0 aromatic heterocycles. The highest BCUT2D eigenvalue weighted by Crippen LogP contribution is 2.37. The lowest BCUT2D eigenvalue weighted by atomic mass is 10.1. The maximum absolute atomic E-state index is 14.2. The molecular formula is C24H21FN2O4. The highest BCUT2D eigenvalue weighted by atomic mass is 19.1. The summed E-state index contributed by atoms with van der Waals surface area (Å²) in [6.45, 7) is 1.70. The zero-order chi connectivity index (χ0) is 22.0. The van der Waals surface area contributed by atoms with Gasteiger partial charge in [-0.3, -0.25) is 9.59 Å². The van der Waals surface area contributed by atoms with Gasteiger partial charge in [0.2, 0.25) is 0 Å². The number of para-hydroxylation sites is 1. The summed E-state index contributed by atoms with van der Waals surface area (Å²) in [7, 11) is 1.50. The van der Waals surface area contributed by atoms with E-state index in [4.69, 9.17) is 9.47 Å². The molecule has 0 saturated carbocycles. The van der Waals surface area contributed by atoms with E-state index in [2.05, 4.69) is 5.32 Å². The number of nitrogens with one attached hydrogen (secondary N) is 1. The molecule has 0 aliphatic carbocycles. The van der Waals surface area contributed by atoms with E-state index in [0.717, 1.165) is 0 Å². The second-order valence-corrected chi connectivity index (χ2v) is 7.11. The Morgan fingerprint density at radius 2 is 1.87 bits per heavy atom. The van der Waals surface area contributed by atoms with Crippen LogP contribution in [0.4, 0.5) is 15.8 Å². The quantitative estimate of drug-likeness (QED) is 0.664. The number of carbonyl (C=O) groups excluding carboxylic acids is 2. The van der Waals surface area contributed by atoms with E-state index >= 15 is 0 Å². The molecule has 0 saturated heterocycles. The summed E-state index contributed by atoms with van der Waals surface area (Å²) in [4.78, 5) is 27.0. The molecule has 6 nitrogen and oxygen atoms in total. The number of hydrogen-bond donors (Lipinski definition) is 1. The van der Waals surface area contributed by atoms with Gasteiger partial charge in [-0.2, -0.15) is 0 Å². The molecule has 0 bridgehead atoms. The molecule has 2 amide bonds. The minimum Gasteiger partial charge on any atom is -0.496 e. The predicted molar refractivity (Wildman–Crippen MR) is 115 cm³/mol. The third-order valence-electron chi connectivity index (χ3n) is 5.06. The van der Waals surface area contributed by atoms with Crippen molar-refractivity contribution in [1.82, 2.24) is 0 Å². The van der Waals surface area contributed by atoms with E-state index in [1.165, 1.54) is 18.1 Å². The predicted octanol–water partition coefficient (Wildman–Crippen LogP) is 4.40. The van der Waals surface area contributed by atoms with Gasteiger partial charge in [-0.25, -0.2) is 4.39 Å². The standard InChI is InChI=1S/C24H21FN2O4/c1-15-24(29)27(14-16-7-3-5-9-19(16)25)20-13-17(11-12-22(20)31-15)26-23(28)18-8-4-6-10-21(18)30-2/h3-13,15H,14H2,1-2H3,(H,26,28). The molecule has 1 unspecified atom stereocenters. The van der Waals surface area contributed by atoms with Crippen LogP contribution in [0.15, 0.2) is 66.7 Å². The second kappa shape index (κ2) is 8.47. The summed E-state index contributed by atoms with van der Waals surface area (Å²) >= 11 is 0. The lowest BCUT2D eigenvalue weighted by Crippen LogP contribution is -2.44. The molecule has 1 heterocycles. The first-order valence-electron chi connectivity index (χ1n) is 9.78. The van der Waals surface area contributed by atoms with E-state index in [-0.39, 0.29) is 18.4 Å². The van der Waals surface area contributed by atoms with Crippen LogP contribution in [-0.4, -0.2) is 25.0 Å². The van der Waals surface area contributed by atoms with Crippen LogP contribution < -0.4 is 19.7 Å². The molecule has 4 rings (SSSR count). The molecule has 1 aliphatic rings. The fourth-order valence-electron chi connectivity index (χ4n) is 3.48. The lowest BCUT2D eigenvalue weighted by Gasteiger charge is -2.33. The summed E-state index contributed by atoms with van der Waals surface area (Å²) < 4.78 is 25.2. The average molecular weight is 420 g/mol. The highest BCUT2D eigenvalue weighted by molar-refractivity contribution is 6.07. The van der Waals surface area contributed by atoms with Gasteiger partial charge in [0.05, 0.1) is 24.9 Å². The van der Waals surface area contributed by atoms with Crippen molar-refractivity contribution in [2.75, 3.05) is 17.3 Å². The molecule has 1 atom stereocenters. The lowest BCUT2D eigenvalue weighted by molar-refractivity contribution is -0.125. The number of halogens is 1. The highest BCUT2D eigenvalue weighted by Gasteiger charge is 2.32. The molecule has 0 fully saturated rings. The third kappa shape index (κ3) is 4.07. The van der Waals surface area contributed by atoms with Crippen molar-refractivity contribution < 1.29 is 23.5 Å². The minimum atomic E-state index is -0.701. The number of ether oxygens (including phenoxy) is 2. The summed E-state index contributed by atoms with van der Waals surface area (Å²) in [5.74, 6) is -0.0970. The summed E-state index contributed by atoms with van der Waals surface area (Å²) in [6.07, 6.45) is -0.701. The number of anilines is 2. The van der Waals surface area contributed by atoms with Gasteiger partial charge in [0.1, 0.15) is 17.3 Å². The average Bonchev–Trinajstić information content (AvgIpc) is 2.78. The Kier molecular flexibility index (Phi) is 5.58. The zero-order valence-electron chi connectivity index (χ0n) is 17.1. The molecule has 7 heteroatoms. The van der Waals surface area contributed by atoms with Crippen LogP contribution in [0.1, 0.15) is 22.8 Å². The zero-order valence-corrected chi connectivity index (χ0v) is 17.1. The van der Waals surface area contributed by atoms with Gasteiger partial charge in [-0.15, -0.1) is 0 Å². The van der Waals surface area contributed by atoms with Gasteiger partial charge in [0.15, 0.2) is 6.10 Å². The molecule has 158 valence electrons. The van der Waals surface area contributed by atoms with E-state index in [1.54, 1.807) is 67.6 Å². The van der Waals surface area contributed by atoms with E-state index in [1.807, 2.05) is 0 Å². The van der Waals surface area contributed by atoms with Crippen LogP contribution in [0.2, 0.25) is 0 Å². The van der Waals surface area contributed by atoms with Gasteiger partial charge in [0.25, 0.3) is 11.8 Å². The van der Waals surface area contributed by atoms with Crippen molar-refractivity contribution in [2.45, 2.75) is 19.6 Å². The molecule has 1 N–H and O–H groups in total. The van der Waals surface area contributed by atoms with Gasteiger partial charge < -0.3 is 19.7 Å². The summed E-state index contributed by atoms with van der Waals surface area (Å²) in [5.41, 5.74) is 1.70. The minimum absolute atomic E-state index is 0.0517. The van der Waals surface area contributed by atoms with Crippen LogP contribution in [-0.2, 0) is 11.3 Å². The molecule has 3 aromatic rings. The monoisotopic (exact) mass is 420 g/mol. The van der Waals surface area contributed by atoms with Crippen LogP contribution >= 0.6 is 0 Å². The number of rotatable bonds is 5. The maximum Gasteiger partial charge on any atom is 0.268 e. The van der Waals surface area contributed by atoms with Crippen LogP contribution in [0.3, 0.4) is 0 Å². The topological polar surface area (TPSA) is 67.9 Å². The van der Waals surface area contributed by atoms with E-state index < -0.39 is 11.9 Å². The molecule has 1 aliphatic heterocycles. The largest absolute Gasteiger partial charge is 0.496 e. The van der Waals surface area contributed by atoms with E-state index in [9.17, 15) is 14.0 Å². The van der Waals surface area contributed by atoms with Crippen molar-refractivity contribution in [1.29, 1.82) is 0 Å². The van der Waals surface area contributed by atoms with E-state index in [0.29, 0.717) is 34.0 Å². The van der Waals surface area contributed by atoms with Gasteiger partial charge in [-0.05, 0) is 43.3 Å². The Labute approximate surface area is 179 Å². The number of fused-ring (bicyclic) bond motifs is 1. The molecule has 0 spiro atoms. The first-order valence-corrected chi connectivity index (χ1v) is 9.78. The van der Waals surface area contributed by atoms with Crippen molar-refractivity contribution in [3.63, 3.8) is 0 Å². The number of nitrogens with zero attached hydrogens (tertiary/aromatic N) is 1. The van der Waals surface area contributed by atoms with Crippen LogP contribution in [0, 0.1) is 5.82 Å². The number of methoxy groups -OCH3 is 1. The number of benzene rings is 3. The molecular weight excluding hydrogens is 399 g/mol. The Bertz CT molecular complexity index is 1150. The molecule has 3 aromatic carbocycles. The number of amides is 2. The fraction of sp³-hybridized carbons (Fsp3) is 0.167. The Morgan fingerprint density at radius 1 is 1.13 bits per heavy atom. The van der Waals surface area contributed by atoms with Crippen molar-refractivity contribution in [3.8, 4) is 11.5 Å². The van der Waals surface area contributed by atoms with Crippen molar-refractivity contribution in [3.05, 3.63) is 83.7 Å². The van der Waals surface area contributed by atoms with Crippen molar-refractivity contribution >= 4 is 23.2 Å². The van der Waals surface area contributed by atoms with Gasteiger partial charge >= 0.3 is 0 Å².